The van der Waals surface area contributed by atoms with E-state index in [9.17, 15) is 4.79 Å². The van der Waals surface area contributed by atoms with Crippen LogP contribution in [-0.2, 0) is 11.3 Å². The molecule has 2 rings (SSSR count). The molecule has 1 aliphatic rings. The van der Waals surface area contributed by atoms with Gasteiger partial charge < -0.3 is 9.64 Å². The predicted octanol–water partition coefficient (Wildman–Crippen LogP) is 2.43. The van der Waals surface area contributed by atoms with Crippen LogP contribution in [0.5, 0.6) is 5.75 Å². The van der Waals surface area contributed by atoms with Crippen LogP contribution in [0.25, 0.3) is 0 Å². The van der Waals surface area contributed by atoms with E-state index in [0.29, 0.717) is 26.1 Å². The summed E-state index contributed by atoms with van der Waals surface area (Å²) in [4.78, 5) is 13.8. The molecular weight excluding hydrogens is 238 g/mol. The number of halogens is 1. The highest BCUT2D eigenvalue weighted by atomic mass is 35.5. The van der Waals surface area contributed by atoms with E-state index in [1.807, 2.05) is 31.2 Å². The van der Waals surface area contributed by atoms with E-state index >= 15 is 0 Å². The number of para-hydroxylation sites is 1. The molecule has 0 spiro atoms. The lowest BCUT2D eigenvalue weighted by Crippen LogP contribution is -2.37. The summed E-state index contributed by atoms with van der Waals surface area (Å²) in [6.45, 7) is 3.61. The molecule has 0 saturated carbocycles. The Kier molecular flexibility index (Phi) is 3.89. The fourth-order valence-corrected chi connectivity index (χ4v) is 2.02. The van der Waals surface area contributed by atoms with Crippen LogP contribution in [0.15, 0.2) is 24.3 Å². The van der Waals surface area contributed by atoms with Crippen LogP contribution in [0, 0.1) is 0 Å². The lowest BCUT2D eigenvalue weighted by molar-refractivity contribution is -0.131. The van der Waals surface area contributed by atoms with Gasteiger partial charge in [0.05, 0.1) is 6.54 Å². The lowest BCUT2D eigenvalue weighted by atomic mass is 10.2. The summed E-state index contributed by atoms with van der Waals surface area (Å²) >= 11 is 6.00. The fraction of sp³-hybridized carbons (Fsp3) is 0.462. The Balaban J connectivity index is 2.15. The van der Waals surface area contributed by atoms with Gasteiger partial charge in [0.15, 0.2) is 0 Å². The van der Waals surface area contributed by atoms with Crippen LogP contribution in [0.1, 0.15) is 18.9 Å². The summed E-state index contributed by atoms with van der Waals surface area (Å²) in [7, 11) is 0. The van der Waals surface area contributed by atoms with Gasteiger partial charge in [-0.25, -0.2) is 0 Å². The second-order valence-electron chi connectivity index (χ2n) is 4.09. The third-order valence-corrected chi connectivity index (χ3v) is 3.39. The van der Waals surface area contributed by atoms with Gasteiger partial charge in [-0.05, 0) is 12.5 Å². The average molecular weight is 254 g/mol. The van der Waals surface area contributed by atoms with Crippen molar-refractivity contribution in [1.82, 2.24) is 4.90 Å². The second kappa shape index (κ2) is 5.41. The third kappa shape index (κ3) is 2.72. The molecule has 92 valence electrons. The minimum atomic E-state index is -0.430. The van der Waals surface area contributed by atoms with Gasteiger partial charge in [0.1, 0.15) is 17.7 Å². The topological polar surface area (TPSA) is 29.5 Å². The number of carbonyl (C=O) groups excluding carboxylic acids is 1. The zero-order valence-corrected chi connectivity index (χ0v) is 10.6. The third-order valence-electron chi connectivity index (χ3n) is 2.89. The summed E-state index contributed by atoms with van der Waals surface area (Å²) in [5.41, 5.74) is 1.04. The lowest BCUT2D eigenvalue weighted by Gasteiger charge is -2.22. The average Bonchev–Trinajstić information content (AvgIpc) is 2.58. The molecule has 1 atom stereocenters. The minimum absolute atomic E-state index is 0.00512. The first-order valence-corrected chi connectivity index (χ1v) is 6.29. The molecule has 1 heterocycles. The second-order valence-corrected chi connectivity index (χ2v) is 4.62. The molecule has 0 radical (unpaired) electrons. The van der Waals surface area contributed by atoms with E-state index in [0.717, 1.165) is 11.3 Å². The normalized spacial score (nSPS) is 16.7. The number of hydrogen-bond acceptors (Lipinski definition) is 2. The van der Waals surface area contributed by atoms with Crippen molar-refractivity contribution in [2.45, 2.75) is 25.3 Å². The summed E-state index contributed by atoms with van der Waals surface area (Å²) < 4.78 is 5.61. The van der Waals surface area contributed by atoms with Crippen molar-refractivity contribution in [2.24, 2.45) is 0 Å². The molecule has 17 heavy (non-hydrogen) atoms. The number of nitrogens with zero attached hydrogens (tertiary/aromatic N) is 1. The Hall–Kier alpha value is -1.22. The van der Waals surface area contributed by atoms with Crippen molar-refractivity contribution in [3.63, 3.8) is 0 Å². The summed E-state index contributed by atoms with van der Waals surface area (Å²) in [5, 5.41) is -0.430. The molecule has 0 fully saturated rings. The standard InChI is InChI=1S/C13H16ClNO2/c1-2-11(14)13(16)15-7-8-17-12-6-4-3-5-10(12)9-15/h3-6,11H,2,7-9H2,1H3/t11-/m0/s1. The van der Waals surface area contributed by atoms with Crippen LogP contribution < -0.4 is 4.74 Å². The maximum Gasteiger partial charge on any atom is 0.241 e. The molecule has 1 aliphatic heterocycles. The maximum atomic E-state index is 12.0. The van der Waals surface area contributed by atoms with Gasteiger partial charge in [-0.1, -0.05) is 25.1 Å². The Bertz CT molecular complexity index is 408. The number of hydrogen-bond donors (Lipinski definition) is 0. The Morgan fingerprint density at radius 1 is 1.53 bits per heavy atom. The molecule has 0 saturated heterocycles. The molecule has 3 nitrogen and oxygen atoms in total. The van der Waals surface area contributed by atoms with Gasteiger partial charge >= 0.3 is 0 Å². The van der Waals surface area contributed by atoms with E-state index in [1.165, 1.54) is 0 Å². The predicted molar refractivity (Wildman–Crippen MR) is 67.3 cm³/mol. The minimum Gasteiger partial charge on any atom is -0.491 e. The SMILES string of the molecule is CC[C@H](Cl)C(=O)N1CCOc2ccccc2C1. The molecule has 0 aromatic heterocycles. The first-order chi connectivity index (χ1) is 8.22. The van der Waals surface area contributed by atoms with Crippen LogP contribution in [0.4, 0.5) is 0 Å². The van der Waals surface area contributed by atoms with E-state index in [4.69, 9.17) is 16.3 Å². The van der Waals surface area contributed by atoms with E-state index < -0.39 is 5.38 Å². The zero-order chi connectivity index (χ0) is 12.3. The molecule has 1 amide bonds. The van der Waals surface area contributed by atoms with Crippen molar-refractivity contribution in [3.05, 3.63) is 29.8 Å². The van der Waals surface area contributed by atoms with Crippen LogP contribution in [0.2, 0.25) is 0 Å². The molecule has 0 N–H and O–H groups in total. The first kappa shape index (κ1) is 12.2. The van der Waals surface area contributed by atoms with Crippen molar-refractivity contribution in [1.29, 1.82) is 0 Å². The molecule has 4 heteroatoms. The van der Waals surface area contributed by atoms with Crippen LogP contribution in [0.3, 0.4) is 0 Å². The van der Waals surface area contributed by atoms with Gasteiger partial charge in [-0.15, -0.1) is 11.6 Å². The van der Waals surface area contributed by atoms with Gasteiger partial charge in [0.25, 0.3) is 0 Å². The van der Waals surface area contributed by atoms with Crippen molar-refractivity contribution in [3.8, 4) is 5.75 Å². The van der Waals surface area contributed by atoms with E-state index in [2.05, 4.69) is 0 Å². The van der Waals surface area contributed by atoms with Gasteiger partial charge in [0, 0.05) is 12.1 Å². The van der Waals surface area contributed by atoms with E-state index in [1.54, 1.807) is 4.90 Å². The number of ether oxygens (including phenoxy) is 1. The molecule has 0 aliphatic carbocycles. The number of carbonyl (C=O) groups is 1. The first-order valence-electron chi connectivity index (χ1n) is 5.86. The van der Waals surface area contributed by atoms with Gasteiger partial charge in [0.2, 0.25) is 5.91 Å². The largest absolute Gasteiger partial charge is 0.491 e. The highest BCUT2D eigenvalue weighted by molar-refractivity contribution is 6.30. The Morgan fingerprint density at radius 2 is 2.29 bits per heavy atom. The highest BCUT2D eigenvalue weighted by Crippen LogP contribution is 2.23. The molecule has 0 bridgehead atoms. The Morgan fingerprint density at radius 3 is 3.06 bits per heavy atom. The monoisotopic (exact) mass is 253 g/mol. The molecule has 0 unspecified atom stereocenters. The summed E-state index contributed by atoms with van der Waals surface area (Å²) in [6, 6.07) is 7.80. The van der Waals surface area contributed by atoms with Crippen molar-refractivity contribution >= 4 is 17.5 Å². The number of amides is 1. The quantitative estimate of drug-likeness (QED) is 0.758. The fourth-order valence-electron chi connectivity index (χ4n) is 1.89. The Labute approximate surface area is 106 Å². The molecular formula is C13H16ClNO2. The van der Waals surface area contributed by atoms with E-state index in [-0.39, 0.29) is 5.91 Å². The number of fused-ring (bicyclic) bond motifs is 1. The van der Waals surface area contributed by atoms with Gasteiger partial charge in [-0.2, -0.15) is 0 Å². The van der Waals surface area contributed by atoms with Crippen molar-refractivity contribution in [2.75, 3.05) is 13.2 Å². The van der Waals surface area contributed by atoms with Crippen molar-refractivity contribution < 1.29 is 9.53 Å². The molecule has 1 aromatic carbocycles. The highest BCUT2D eigenvalue weighted by Gasteiger charge is 2.23. The number of alkyl halides is 1. The molecule has 1 aromatic rings. The van der Waals surface area contributed by atoms with Gasteiger partial charge in [-0.3, -0.25) is 4.79 Å². The summed E-state index contributed by atoms with van der Waals surface area (Å²) in [5.74, 6) is 0.861. The number of rotatable bonds is 2. The summed E-state index contributed by atoms with van der Waals surface area (Å²) in [6.07, 6.45) is 0.652. The maximum absolute atomic E-state index is 12.0. The van der Waals surface area contributed by atoms with Crippen LogP contribution >= 0.6 is 11.6 Å². The zero-order valence-electron chi connectivity index (χ0n) is 9.86. The van der Waals surface area contributed by atoms with Crippen LogP contribution in [-0.4, -0.2) is 29.3 Å². The smallest absolute Gasteiger partial charge is 0.241 e. The number of benzene rings is 1.